The Morgan fingerprint density at radius 1 is 1.16 bits per heavy atom. The third-order valence-electron chi connectivity index (χ3n) is 3.33. The minimum atomic E-state index is -0.845. The molecule has 0 saturated carbocycles. The van der Waals surface area contributed by atoms with Crippen molar-refractivity contribution in [1.82, 2.24) is 0 Å². The van der Waals surface area contributed by atoms with Gasteiger partial charge in [0.15, 0.2) is 11.6 Å². The van der Waals surface area contributed by atoms with Crippen molar-refractivity contribution in [2.75, 3.05) is 7.11 Å². The molecule has 0 aromatic heterocycles. The third kappa shape index (κ3) is 2.10. The first kappa shape index (κ1) is 12.5. The fourth-order valence-electron chi connectivity index (χ4n) is 2.35. The molecule has 0 atom stereocenters. The van der Waals surface area contributed by atoms with E-state index in [1.54, 1.807) is 0 Å². The van der Waals surface area contributed by atoms with E-state index in [0.29, 0.717) is 23.5 Å². The van der Waals surface area contributed by atoms with Gasteiger partial charge in [-0.3, -0.25) is 0 Å². The number of hydrogen-bond acceptors (Lipinski definition) is 2. The smallest absolute Gasteiger partial charge is 0.163 e. The molecule has 19 heavy (non-hydrogen) atoms. The van der Waals surface area contributed by atoms with Crippen molar-refractivity contribution in [2.24, 2.45) is 0 Å². The van der Waals surface area contributed by atoms with Crippen LogP contribution in [0.4, 0.5) is 8.78 Å². The highest BCUT2D eigenvalue weighted by Crippen LogP contribution is 2.39. The Balaban J connectivity index is 2.19. The van der Waals surface area contributed by atoms with Crippen LogP contribution < -0.4 is 4.74 Å². The molecular weight excluding hydrogens is 266 g/mol. The van der Waals surface area contributed by atoms with E-state index in [9.17, 15) is 8.78 Å². The van der Waals surface area contributed by atoms with Crippen molar-refractivity contribution >= 4 is 11.8 Å². The van der Waals surface area contributed by atoms with E-state index < -0.39 is 11.6 Å². The molecule has 4 heteroatoms. The van der Waals surface area contributed by atoms with Crippen LogP contribution in [0.5, 0.6) is 5.75 Å². The lowest BCUT2D eigenvalue weighted by molar-refractivity contribution is 0.400. The number of methoxy groups -OCH3 is 1. The Morgan fingerprint density at radius 2 is 1.95 bits per heavy atom. The number of fused-ring (bicyclic) bond motifs is 2. The fourth-order valence-corrected chi connectivity index (χ4v) is 3.45. The first-order valence-electron chi connectivity index (χ1n) is 5.95. The molecule has 0 unspecified atom stereocenters. The Morgan fingerprint density at radius 3 is 2.74 bits per heavy atom. The van der Waals surface area contributed by atoms with E-state index in [1.165, 1.54) is 18.9 Å². The fraction of sp³-hybridized carbons (Fsp3) is 0.200. The molecule has 0 spiro atoms. The first-order chi connectivity index (χ1) is 9.20. The summed E-state index contributed by atoms with van der Waals surface area (Å²) in [4.78, 5) is 1.11. The number of hydrogen-bond donors (Lipinski definition) is 0. The molecule has 1 nitrogen and oxygen atoms in total. The average Bonchev–Trinajstić information content (AvgIpc) is 2.62. The first-order valence-corrected chi connectivity index (χ1v) is 6.93. The molecular formula is C15H12F2OS. The minimum absolute atomic E-state index is 0.415. The molecule has 0 aliphatic carbocycles. The second kappa shape index (κ2) is 4.85. The zero-order valence-corrected chi connectivity index (χ0v) is 11.2. The third-order valence-corrected chi connectivity index (χ3v) is 4.47. The summed E-state index contributed by atoms with van der Waals surface area (Å²) >= 11 is 1.53. The summed E-state index contributed by atoms with van der Waals surface area (Å²) in [7, 11) is 1.48. The van der Waals surface area contributed by atoms with Crippen molar-refractivity contribution in [2.45, 2.75) is 17.1 Å². The summed E-state index contributed by atoms with van der Waals surface area (Å²) in [6.45, 7) is 0. The van der Waals surface area contributed by atoms with Gasteiger partial charge in [-0.2, -0.15) is 0 Å². The van der Waals surface area contributed by atoms with Crippen LogP contribution in [0, 0.1) is 11.6 Å². The van der Waals surface area contributed by atoms with Gasteiger partial charge in [-0.15, -0.1) is 11.8 Å². The predicted molar refractivity (Wildman–Crippen MR) is 71.7 cm³/mol. The molecule has 0 fully saturated rings. The highest BCUT2D eigenvalue weighted by molar-refractivity contribution is 7.98. The van der Waals surface area contributed by atoms with Gasteiger partial charge in [0, 0.05) is 34.3 Å². The van der Waals surface area contributed by atoms with Crippen LogP contribution in [0.1, 0.15) is 16.7 Å². The summed E-state index contributed by atoms with van der Waals surface area (Å²) in [6, 6.07) is 9.06. The molecule has 1 aliphatic rings. The van der Waals surface area contributed by atoms with Crippen LogP contribution in [-0.2, 0) is 12.2 Å². The van der Waals surface area contributed by atoms with E-state index in [-0.39, 0.29) is 0 Å². The Labute approximate surface area is 114 Å². The van der Waals surface area contributed by atoms with Crippen LogP contribution in [0.25, 0.3) is 0 Å². The Kier molecular flexibility index (Phi) is 3.19. The van der Waals surface area contributed by atoms with E-state index in [4.69, 9.17) is 4.74 Å². The van der Waals surface area contributed by atoms with Gasteiger partial charge in [0.1, 0.15) is 5.75 Å². The highest BCUT2D eigenvalue weighted by atomic mass is 32.2. The SMILES string of the molecule is COc1cc(F)c(F)c2c1Cc1ccccc1SC2. The lowest BCUT2D eigenvalue weighted by atomic mass is 9.99. The molecule has 3 rings (SSSR count). The maximum Gasteiger partial charge on any atom is 0.163 e. The molecule has 1 aliphatic heterocycles. The van der Waals surface area contributed by atoms with Crippen molar-refractivity contribution in [3.63, 3.8) is 0 Å². The zero-order valence-electron chi connectivity index (χ0n) is 10.4. The van der Waals surface area contributed by atoms with Crippen LogP contribution in [0.2, 0.25) is 0 Å². The lowest BCUT2D eigenvalue weighted by Crippen LogP contribution is -2.03. The largest absolute Gasteiger partial charge is 0.496 e. The van der Waals surface area contributed by atoms with Crippen molar-refractivity contribution in [3.05, 3.63) is 58.7 Å². The number of benzene rings is 2. The number of thioether (sulfide) groups is 1. The highest BCUT2D eigenvalue weighted by Gasteiger charge is 2.23. The summed E-state index contributed by atoms with van der Waals surface area (Å²) in [5, 5.41) is 0. The molecule has 0 amide bonds. The van der Waals surface area contributed by atoms with Crippen LogP contribution in [-0.4, -0.2) is 7.11 Å². The van der Waals surface area contributed by atoms with E-state index in [2.05, 4.69) is 0 Å². The summed E-state index contributed by atoms with van der Waals surface area (Å²) in [5.74, 6) is -0.754. The maximum absolute atomic E-state index is 14.0. The standard InChI is InChI=1S/C15H12F2OS/c1-18-13-7-12(16)15(17)11-8-19-14-5-3-2-4-9(14)6-10(11)13/h2-5,7H,6,8H2,1H3. The van der Waals surface area contributed by atoms with Crippen molar-refractivity contribution in [1.29, 1.82) is 0 Å². The van der Waals surface area contributed by atoms with Crippen LogP contribution in [0.15, 0.2) is 35.2 Å². The van der Waals surface area contributed by atoms with Gasteiger partial charge in [-0.1, -0.05) is 18.2 Å². The molecule has 0 radical (unpaired) electrons. The van der Waals surface area contributed by atoms with Gasteiger partial charge < -0.3 is 4.74 Å². The van der Waals surface area contributed by atoms with Gasteiger partial charge in [0.05, 0.1) is 7.11 Å². The van der Waals surface area contributed by atoms with Crippen molar-refractivity contribution < 1.29 is 13.5 Å². The summed E-state index contributed by atoms with van der Waals surface area (Å²) < 4.78 is 32.7. The summed E-state index contributed by atoms with van der Waals surface area (Å²) in [5.41, 5.74) is 2.28. The zero-order chi connectivity index (χ0) is 13.4. The van der Waals surface area contributed by atoms with Gasteiger partial charge in [0.2, 0.25) is 0 Å². The molecule has 2 aromatic carbocycles. The Hall–Kier alpha value is -1.55. The lowest BCUT2D eigenvalue weighted by Gasteiger charge is -2.13. The van der Waals surface area contributed by atoms with Gasteiger partial charge in [-0.05, 0) is 11.6 Å². The predicted octanol–water partition coefficient (Wildman–Crippen LogP) is 4.17. The van der Waals surface area contributed by atoms with Crippen LogP contribution in [0.3, 0.4) is 0 Å². The van der Waals surface area contributed by atoms with Gasteiger partial charge in [-0.25, -0.2) is 8.78 Å². The second-order valence-electron chi connectivity index (χ2n) is 4.40. The molecule has 0 bridgehead atoms. The maximum atomic E-state index is 14.0. The molecule has 1 heterocycles. The second-order valence-corrected chi connectivity index (χ2v) is 5.42. The number of ether oxygens (including phenoxy) is 1. The van der Waals surface area contributed by atoms with Gasteiger partial charge in [0.25, 0.3) is 0 Å². The van der Waals surface area contributed by atoms with E-state index in [1.807, 2.05) is 24.3 Å². The average molecular weight is 278 g/mol. The minimum Gasteiger partial charge on any atom is -0.496 e. The molecule has 2 aromatic rings. The number of halogens is 2. The van der Waals surface area contributed by atoms with Crippen LogP contribution >= 0.6 is 11.8 Å². The van der Waals surface area contributed by atoms with Crippen molar-refractivity contribution in [3.8, 4) is 5.75 Å². The van der Waals surface area contributed by atoms with E-state index >= 15 is 0 Å². The topological polar surface area (TPSA) is 9.23 Å². The Bertz CT molecular complexity index is 640. The van der Waals surface area contributed by atoms with E-state index in [0.717, 1.165) is 22.1 Å². The summed E-state index contributed by atoms with van der Waals surface area (Å²) in [6.07, 6.45) is 0.568. The quantitative estimate of drug-likeness (QED) is 0.774. The normalized spacial score (nSPS) is 13.4. The number of rotatable bonds is 1. The molecule has 0 saturated heterocycles. The van der Waals surface area contributed by atoms with Gasteiger partial charge >= 0.3 is 0 Å². The molecule has 98 valence electrons. The molecule has 0 N–H and O–H groups in total. The monoisotopic (exact) mass is 278 g/mol.